The third-order valence-corrected chi connectivity index (χ3v) is 3.12. The zero-order valence-electron chi connectivity index (χ0n) is 11.8. The molecule has 4 nitrogen and oxygen atoms in total. The zero-order chi connectivity index (χ0) is 13.7. The molecule has 0 saturated carbocycles. The highest BCUT2D eigenvalue weighted by atomic mass is 16.5. The van der Waals surface area contributed by atoms with Gasteiger partial charge >= 0.3 is 0 Å². The minimum Gasteiger partial charge on any atom is -0.481 e. The fourth-order valence-electron chi connectivity index (χ4n) is 2.08. The fraction of sp³-hybridized carbons (Fsp3) is 0.400. The van der Waals surface area contributed by atoms with Crippen LogP contribution in [0.2, 0.25) is 0 Å². The lowest BCUT2D eigenvalue weighted by Gasteiger charge is -2.10. The number of methoxy groups -OCH3 is 1. The van der Waals surface area contributed by atoms with Gasteiger partial charge in [0.15, 0.2) is 0 Å². The van der Waals surface area contributed by atoms with Crippen LogP contribution in [0, 0.1) is 0 Å². The molecule has 0 fully saturated rings. The second-order valence-electron chi connectivity index (χ2n) is 4.57. The number of nitrogens with one attached hydrogen (secondary N) is 1. The van der Waals surface area contributed by atoms with Gasteiger partial charge in [0.25, 0.3) is 0 Å². The van der Waals surface area contributed by atoms with Crippen molar-refractivity contribution in [2.24, 2.45) is 0 Å². The van der Waals surface area contributed by atoms with E-state index in [2.05, 4.69) is 47.2 Å². The molecule has 0 amide bonds. The second-order valence-corrected chi connectivity index (χ2v) is 4.57. The Morgan fingerprint density at radius 3 is 2.95 bits per heavy atom. The second kappa shape index (κ2) is 6.38. The first-order valence-corrected chi connectivity index (χ1v) is 6.62. The van der Waals surface area contributed by atoms with E-state index in [1.807, 2.05) is 18.2 Å². The van der Waals surface area contributed by atoms with E-state index >= 15 is 0 Å². The molecule has 1 unspecified atom stereocenters. The molecule has 0 radical (unpaired) electrons. The van der Waals surface area contributed by atoms with E-state index in [0.29, 0.717) is 11.9 Å². The van der Waals surface area contributed by atoms with E-state index in [0.717, 1.165) is 18.8 Å². The molecule has 0 saturated heterocycles. The number of hydrogen-bond acceptors (Lipinski definition) is 3. The van der Waals surface area contributed by atoms with Crippen LogP contribution in [0.25, 0.3) is 0 Å². The first kappa shape index (κ1) is 13.6. The first-order chi connectivity index (χ1) is 9.22. The lowest BCUT2D eigenvalue weighted by Crippen LogP contribution is -2.17. The lowest BCUT2D eigenvalue weighted by molar-refractivity contribution is 0.396. The van der Waals surface area contributed by atoms with Crippen LogP contribution in [-0.4, -0.2) is 23.2 Å². The highest BCUT2D eigenvalue weighted by molar-refractivity contribution is 5.18. The summed E-state index contributed by atoms with van der Waals surface area (Å²) < 4.78 is 7.28. The lowest BCUT2D eigenvalue weighted by atomic mass is 10.2. The quantitative estimate of drug-likeness (QED) is 0.866. The number of rotatable bonds is 6. The van der Waals surface area contributed by atoms with Gasteiger partial charge in [-0.05, 0) is 31.2 Å². The predicted octanol–water partition coefficient (Wildman–Crippen LogP) is 2.61. The Kier molecular flexibility index (Phi) is 4.58. The van der Waals surface area contributed by atoms with E-state index < -0.39 is 0 Å². The summed E-state index contributed by atoms with van der Waals surface area (Å²) in [6, 6.07) is 8.36. The summed E-state index contributed by atoms with van der Waals surface area (Å²) in [5, 5.41) is 3.41. The highest BCUT2D eigenvalue weighted by Crippen LogP contribution is 2.14. The first-order valence-electron chi connectivity index (χ1n) is 6.62. The van der Waals surface area contributed by atoms with Crippen LogP contribution >= 0.6 is 0 Å². The molecule has 2 aromatic heterocycles. The van der Waals surface area contributed by atoms with Crippen LogP contribution in [0.4, 0.5) is 0 Å². The molecule has 2 rings (SSSR count). The monoisotopic (exact) mass is 259 g/mol. The third kappa shape index (κ3) is 3.58. The third-order valence-electron chi connectivity index (χ3n) is 3.12. The predicted molar refractivity (Wildman–Crippen MR) is 76.4 cm³/mol. The van der Waals surface area contributed by atoms with Gasteiger partial charge in [0.1, 0.15) is 0 Å². The Morgan fingerprint density at radius 2 is 2.21 bits per heavy atom. The van der Waals surface area contributed by atoms with Crippen molar-refractivity contribution in [1.29, 1.82) is 0 Å². The van der Waals surface area contributed by atoms with Gasteiger partial charge in [-0.3, -0.25) is 0 Å². The van der Waals surface area contributed by atoms with Gasteiger partial charge < -0.3 is 14.6 Å². The Balaban J connectivity index is 2.06. The summed E-state index contributed by atoms with van der Waals surface area (Å²) in [6.45, 7) is 6.03. The Morgan fingerprint density at radius 1 is 1.37 bits per heavy atom. The molecule has 4 heteroatoms. The maximum atomic E-state index is 5.14. The molecule has 102 valence electrons. The highest BCUT2D eigenvalue weighted by Gasteiger charge is 2.06. The maximum absolute atomic E-state index is 5.14. The Hall–Kier alpha value is -1.81. The van der Waals surface area contributed by atoms with Crippen LogP contribution in [0.15, 0.2) is 36.7 Å². The van der Waals surface area contributed by atoms with Crippen molar-refractivity contribution in [3.8, 4) is 5.88 Å². The smallest absolute Gasteiger partial charge is 0.213 e. The molecule has 1 atom stereocenters. The standard InChI is InChI=1S/C15H21N3O/c1-4-16-12(2)13-8-9-18(10-13)11-14-6-5-7-15(17-14)19-3/h5-10,12,16H,4,11H2,1-3H3. The van der Waals surface area contributed by atoms with Crippen molar-refractivity contribution >= 4 is 0 Å². The van der Waals surface area contributed by atoms with Gasteiger partial charge in [-0.1, -0.05) is 13.0 Å². The molecule has 0 bridgehead atoms. The molecule has 0 spiro atoms. The van der Waals surface area contributed by atoms with Crippen molar-refractivity contribution in [1.82, 2.24) is 14.9 Å². The minimum absolute atomic E-state index is 0.379. The van der Waals surface area contributed by atoms with Crippen LogP contribution in [0.5, 0.6) is 5.88 Å². The zero-order valence-corrected chi connectivity index (χ0v) is 11.8. The molecule has 0 aliphatic carbocycles. The van der Waals surface area contributed by atoms with Crippen molar-refractivity contribution < 1.29 is 4.74 Å². The van der Waals surface area contributed by atoms with Gasteiger partial charge in [0.2, 0.25) is 5.88 Å². The van der Waals surface area contributed by atoms with Gasteiger partial charge in [-0.2, -0.15) is 0 Å². The van der Waals surface area contributed by atoms with E-state index in [1.165, 1.54) is 5.56 Å². The van der Waals surface area contributed by atoms with E-state index in [1.54, 1.807) is 7.11 Å². The van der Waals surface area contributed by atoms with E-state index in [-0.39, 0.29) is 0 Å². The number of hydrogen-bond donors (Lipinski definition) is 1. The van der Waals surface area contributed by atoms with Crippen molar-refractivity contribution in [3.63, 3.8) is 0 Å². The largest absolute Gasteiger partial charge is 0.481 e. The average Bonchev–Trinajstić information content (AvgIpc) is 2.88. The summed E-state index contributed by atoms with van der Waals surface area (Å²) in [4.78, 5) is 4.42. The molecular weight excluding hydrogens is 238 g/mol. The van der Waals surface area contributed by atoms with Crippen LogP contribution in [-0.2, 0) is 6.54 Å². The fourth-order valence-corrected chi connectivity index (χ4v) is 2.08. The normalized spacial score (nSPS) is 12.4. The SMILES string of the molecule is CCNC(C)c1ccn(Cc2cccc(OC)n2)c1. The van der Waals surface area contributed by atoms with Crippen molar-refractivity contribution in [2.45, 2.75) is 26.4 Å². The molecule has 2 heterocycles. The van der Waals surface area contributed by atoms with Crippen molar-refractivity contribution in [2.75, 3.05) is 13.7 Å². The molecule has 0 aromatic carbocycles. The van der Waals surface area contributed by atoms with Crippen molar-refractivity contribution in [3.05, 3.63) is 47.9 Å². The van der Waals surface area contributed by atoms with Gasteiger partial charge in [-0.15, -0.1) is 0 Å². The maximum Gasteiger partial charge on any atom is 0.213 e. The molecular formula is C15H21N3O. The summed E-state index contributed by atoms with van der Waals surface area (Å²) in [6.07, 6.45) is 4.25. The molecule has 1 N–H and O–H groups in total. The van der Waals surface area contributed by atoms with Crippen LogP contribution < -0.4 is 10.1 Å². The average molecular weight is 259 g/mol. The molecule has 2 aromatic rings. The van der Waals surface area contributed by atoms with Crippen LogP contribution in [0.1, 0.15) is 31.1 Å². The topological polar surface area (TPSA) is 39.1 Å². The Labute approximate surface area is 114 Å². The number of nitrogens with zero attached hydrogens (tertiary/aromatic N) is 2. The van der Waals surface area contributed by atoms with E-state index in [4.69, 9.17) is 4.74 Å². The molecule has 0 aliphatic rings. The molecule has 0 aliphatic heterocycles. The van der Waals surface area contributed by atoms with Gasteiger partial charge in [0.05, 0.1) is 19.3 Å². The minimum atomic E-state index is 0.379. The number of aromatic nitrogens is 2. The number of pyridine rings is 1. The van der Waals surface area contributed by atoms with E-state index in [9.17, 15) is 0 Å². The summed E-state index contributed by atoms with van der Waals surface area (Å²) in [5.74, 6) is 0.658. The van der Waals surface area contributed by atoms with Gasteiger partial charge in [-0.25, -0.2) is 4.98 Å². The summed E-state index contributed by atoms with van der Waals surface area (Å²) in [7, 11) is 1.64. The Bertz CT molecular complexity index is 522. The van der Waals surface area contributed by atoms with Gasteiger partial charge in [0, 0.05) is 24.5 Å². The molecule has 19 heavy (non-hydrogen) atoms. The summed E-state index contributed by atoms with van der Waals surface area (Å²) >= 11 is 0. The van der Waals surface area contributed by atoms with Crippen LogP contribution in [0.3, 0.4) is 0 Å². The number of ether oxygens (including phenoxy) is 1. The summed E-state index contributed by atoms with van der Waals surface area (Å²) in [5.41, 5.74) is 2.29.